The van der Waals surface area contributed by atoms with E-state index in [-0.39, 0.29) is 29.8 Å². The fraction of sp³-hybridized carbons (Fsp3) is 0.450. The molecule has 2 N–H and O–H groups in total. The van der Waals surface area contributed by atoms with E-state index < -0.39 is 0 Å². The summed E-state index contributed by atoms with van der Waals surface area (Å²) in [4.78, 5) is 4.56. The summed E-state index contributed by atoms with van der Waals surface area (Å²) in [5.41, 5.74) is 0.700. The number of aliphatic imine (C=N–C) groups is 1. The minimum atomic E-state index is -0.171. The minimum Gasteiger partial charge on any atom is -0.469 e. The van der Waals surface area contributed by atoms with Gasteiger partial charge in [0.15, 0.2) is 5.96 Å². The summed E-state index contributed by atoms with van der Waals surface area (Å²) in [5.74, 6) is 1.49. The summed E-state index contributed by atoms with van der Waals surface area (Å²) in [6.07, 6.45) is 3.92. The zero-order chi connectivity index (χ0) is 18.5. The van der Waals surface area contributed by atoms with E-state index in [0.717, 1.165) is 31.2 Å². The Morgan fingerprint density at radius 3 is 2.59 bits per heavy atom. The average Bonchev–Trinajstić information content (AvgIpc) is 3.16. The van der Waals surface area contributed by atoms with E-state index in [1.165, 1.54) is 6.07 Å². The second-order valence-electron chi connectivity index (χ2n) is 5.81. The van der Waals surface area contributed by atoms with Crippen molar-refractivity contribution < 1.29 is 13.5 Å². The van der Waals surface area contributed by atoms with Gasteiger partial charge in [-0.15, -0.1) is 24.0 Å². The maximum atomic E-state index is 13.7. The van der Waals surface area contributed by atoms with Gasteiger partial charge in [0.2, 0.25) is 0 Å². The number of hydrogen-bond acceptors (Lipinski definition) is 3. The molecule has 7 heteroatoms. The lowest BCUT2D eigenvalue weighted by Gasteiger charge is -2.12. The molecule has 0 spiro atoms. The first-order chi connectivity index (χ1) is 12.8. The van der Waals surface area contributed by atoms with Gasteiger partial charge in [-0.1, -0.05) is 18.2 Å². The van der Waals surface area contributed by atoms with Crippen molar-refractivity contribution in [3.8, 4) is 0 Å². The summed E-state index contributed by atoms with van der Waals surface area (Å²) in [6, 6.07) is 10.7. The predicted molar refractivity (Wildman–Crippen MR) is 117 cm³/mol. The first kappa shape index (κ1) is 23.4. The molecule has 1 aromatic heterocycles. The predicted octanol–water partition coefficient (Wildman–Crippen LogP) is 3.78. The third-order valence-electron chi connectivity index (χ3n) is 3.81. The van der Waals surface area contributed by atoms with Gasteiger partial charge in [-0.2, -0.15) is 0 Å². The van der Waals surface area contributed by atoms with Crippen LogP contribution < -0.4 is 10.6 Å². The second kappa shape index (κ2) is 14.4. The number of halogens is 2. The van der Waals surface area contributed by atoms with Crippen molar-refractivity contribution in [2.45, 2.75) is 26.2 Å². The highest BCUT2D eigenvalue weighted by molar-refractivity contribution is 14.0. The monoisotopic (exact) mass is 489 g/mol. The molecule has 0 bridgehead atoms. The van der Waals surface area contributed by atoms with Crippen molar-refractivity contribution >= 4 is 29.9 Å². The van der Waals surface area contributed by atoms with Crippen LogP contribution in [0.3, 0.4) is 0 Å². The summed E-state index contributed by atoms with van der Waals surface area (Å²) < 4.78 is 24.4. The number of guanidine groups is 1. The Balaban J connectivity index is 0.00000364. The number of ether oxygens (including phenoxy) is 1. The minimum absolute atomic E-state index is 0. The molecule has 0 saturated carbocycles. The first-order valence-corrected chi connectivity index (χ1v) is 9.15. The van der Waals surface area contributed by atoms with Gasteiger partial charge in [-0.3, -0.25) is 4.99 Å². The van der Waals surface area contributed by atoms with Gasteiger partial charge in [-0.05, 0) is 43.5 Å². The van der Waals surface area contributed by atoms with Gasteiger partial charge in [0.25, 0.3) is 0 Å². The van der Waals surface area contributed by atoms with Crippen molar-refractivity contribution in [2.75, 3.05) is 32.8 Å². The van der Waals surface area contributed by atoms with Gasteiger partial charge in [0.1, 0.15) is 11.6 Å². The maximum absolute atomic E-state index is 13.7. The first-order valence-electron chi connectivity index (χ1n) is 9.15. The molecular weight excluding hydrogens is 460 g/mol. The van der Waals surface area contributed by atoms with E-state index in [9.17, 15) is 4.39 Å². The van der Waals surface area contributed by atoms with Crippen LogP contribution in [0.5, 0.6) is 0 Å². The van der Waals surface area contributed by atoms with E-state index in [4.69, 9.17) is 9.15 Å². The van der Waals surface area contributed by atoms with Crippen LogP contribution in [0.15, 0.2) is 52.1 Å². The molecule has 0 amide bonds. The van der Waals surface area contributed by atoms with Crippen LogP contribution in [0.4, 0.5) is 4.39 Å². The van der Waals surface area contributed by atoms with Crippen LogP contribution >= 0.6 is 24.0 Å². The topological polar surface area (TPSA) is 58.8 Å². The van der Waals surface area contributed by atoms with Crippen LogP contribution in [-0.4, -0.2) is 38.8 Å². The standard InChI is InChI=1S/C20H28FN3O2.HI/c1-2-25-15-6-12-22-20(24-14-11-18-8-5-16-26-18)23-13-10-17-7-3-4-9-19(17)21;/h3-5,7-9,16H,2,6,10-15H2,1H3,(H2,22,23,24);1H. The lowest BCUT2D eigenvalue weighted by molar-refractivity contribution is 0.146. The molecule has 0 unspecified atom stereocenters. The average molecular weight is 489 g/mol. The Morgan fingerprint density at radius 1 is 1.11 bits per heavy atom. The largest absolute Gasteiger partial charge is 0.469 e. The SMILES string of the molecule is CCOCCCN=C(NCCc1ccco1)NCCc1ccccc1F.I. The lowest BCUT2D eigenvalue weighted by atomic mass is 10.1. The van der Waals surface area contributed by atoms with Gasteiger partial charge in [0, 0.05) is 39.3 Å². The third-order valence-corrected chi connectivity index (χ3v) is 3.81. The lowest BCUT2D eigenvalue weighted by Crippen LogP contribution is -2.39. The maximum Gasteiger partial charge on any atom is 0.191 e. The van der Waals surface area contributed by atoms with E-state index in [2.05, 4.69) is 15.6 Å². The molecular formula is C20H29FIN3O2. The summed E-state index contributed by atoms with van der Waals surface area (Å²) in [6.45, 7) is 5.40. The molecule has 5 nitrogen and oxygen atoms in total. The van der Waals surface area contributed by atoms with Crippen LogP contribution in [0, 0.1) is 5.82 Å². The number of benzene rings is 1. The summed E-state index contributed by atoms with van der Waals surface area (Å²) in [7, 11) is 0. The summed E-state index contributed by atoms with van der Waals surface area (Å²) >= 11 is 0. The second-order valence-corrected chi connectivity index (χ2v) is 5.81. The van der Waals surface area contributed by atoms with Gasteiger partial charge < -0.3 is 19.8 Å². The fourth-order valence-electron chi connectivity index (χ4n) is 2.45. The van der Waals surface area contributed by atoms with Crippen LogP contribution in [-0.2, 0) is 17.6 Å². The Hall–Kier alpha value is -1.61. The highest BCUT2D eigenvalue weighted by Gasteiger charge is 2.03. The van der Waals surface area contributed by atoms with Crippen molar-refractivity contribution in [1.82, 2.24) is 10.6 Å². The number of nitrogens with one attached hydrogen (secondary N) is 2. The molecule has 1 heterocycles. The fourth-order valence-corrected chi connectivity index (χ4v) is 2.45. The zero-order valence-corrected chi connectivity index (χ0v) is 18.1. The number of hydrogen-bond donors (Lipinski definition) is 2. The molecule has 0 atom stereocenters. The van der Waals surface area contributed by atoms with Crippen molar-refractivity contribution in [3.63, 3.8) is 0 Å². The highest BCUT2D eigenvalue weighted by atomic mass is 127. The smallest absolute Gasteiger partial charge is 0.191 e. The van der Waals surface area contributed by atoms with Crippen molar-refractivity contribution in [3.05, 3.63) is 59.8 Å². The molecule has 0 aliphatic heterocycles. The molecule has 27 heavy (non-hydrogen) atoms. The zero-order valence-electron chi connectivity index (χ0n) is 15.7. The van der Waals surface area contributed by atoms with Gasteiger partial charge >= 0.3 is 0 Å². The Kier molecular flexibility index (Phi) is 12.5. The molecule has 150 valence electrons. The highest BCUT2D eigenvalue weighted by Crippen LogP contribution is 2.06. The van der Waals surface area contributed by atoms with Crippen LogP contribution in [0.2, 0.25) is 0 Å². The Labute approximate surface area is 177 Å². The Bertz CT molecular complexity index is 650. The quantitative estimate of drug-likeness (QED) is 0.218. The molecule has 0 radical (unpaired) electrons. The molecule has 2 rings (SSSR count). The van der Waals surface area contributed by atoms with E-state index in [0.29, 0.717) is 38.2 Å². The summed E-state index contributed by atoms with van der Waals surface area (Å²) in [5, 5.41) is 6.56. The Morgan fingerprint density at radius 2 is 1.89 bits per heavy atom. The van der Waals surface area contributed by atoms with Gasteiger partial charge in [-0.25, -0.2) is 4.39 Å². The molecule has 0 aliphatic carbocycles. The van der Waals surface area contributed by atoms with Crippen molar-refractivity contribution in [2.24, 2.45) is 4.99 Å². The van der Waals surface area contributed by atoms with Gasteiger partial charge in [0.05, 0.1) is 6.26 Å². The van der Waals surface area contributed by atoms with Crippen LogP contribution in [0.25, 0.3) is 0 Å². The molecule has 2 aromatic rings. The molecule has 0 fully saturated rings. The molecule has 0 aliphatic rings. The van der Waals surface area contributed by atoms with Crippen LogP contribution in [0.1, 0.15) is 24.7 Å². The van der Waals surface area contributed by atoms with E-state index in [1.807, 2.05) is 25.1 Å². The van der Waals surface area contributed by atoms with Crippen molar-refractivity contribution in [1.29, 1.82) is 0 Å². The number of nitrogens with zero attached hydrogens (tertiary/aromatic N) is 1. The van der Waals surface area contributed by atoms with E-state index >= 15 is 0 Å². The number of furan rings is 1. The normalized spacial score (nSPS) is 11.1. The molecule has 1 aromatic carbocycles. The van der Waals surface area contributed by atoms with E-state index in [1.54, 1.807) is 18.4 Å². The number of rotatable bonds is 11. The third kappa shape index (κ3) is 9.76. The molecule has 0 saturated heterocycles.